The van der Waals surface area contributed by atoms with Crippen LogP contribution in [0.3, 0.4) is 0 Å². The number of carbonyl (C=O) groups is 1. The average Bonchev–Trinajstić information content (AvgIpc) is 2.91. The van der Waals surface area contributed by atoms with Crippen LogP contribution in [0.25, 0.3) is 12.2 Å². The molecule has 7 nitrogen and oxygen atoms in total. The van der Waals surface area contributed by atoms with Gasteiger partial charge in [-0.05, 0) is 59.7 Å². The van der Waals surface area contributed by atoms with E-state index in [9.17, 15) is 9.18 Å². The predicted molar refractivity (Wildman–Crippen MR) is 138 cm³/mol. The van der Waals surface area contributed by atoms with Crippen LogP contribution in [0.5, 0.6) is 28.7 Å². The number of hydrogen-bond acceptors (Lipinski definition) is 7. The molecule has 0 spiro atoms. The molecule has 8 heteroatoms. The van der Waals surface area contributed by atoms with Crippen LogP contribution in [0.15, 0.2) is 60.8 Å². The first-order valence-electron chi connectivity index (χ1n) is 10.9. The standard InChI is InChI=1S/C28H28FNO6/c1-32-21-10-8-20(9-11-21)24(31)12-13-30-23-15-18(14-22(29)27(23)35-4)6-7-19-16-25(33-2)28(36-5)26(17-19)34-3/h6-17,30H,1-5H3. The number of hydrogen-bond donors (Lipinski definition) is 1. The third kappa shape index (κ3) is 6.15. The van der Waals surface area contributed by atoms with Crippen molar-refractivity contribution in [1.82, 2.24) is 0 Å². The van der Waals surface area contributed by atoms with E-state index in [2.05, 4.69) is 5.32 Å². The fourth-order valence-electron chi connectivity index (χ4n) is 3.47. The Morgan fingerprint density at radius 1 is 0.750 bits per heavy atom. The summed E-state index contributed by atoms with van der Waals surface area (Å²) in [6.45, 7) is 0. The van der Waals surface area contributed by atoms with Gasteiger partial charge in [-0.15, -0.1) is 0 Å². The van der Waals surface area contributed by atoms with Gasteiger partial charge >= 0.3 is 0 Å². The molecule has 3 aromatic rings. The Labute approximate surface area is 209 Å². The lowest BCUT2D eigenvalue weighted by Crippen LogP contribution is -1.99. The minimum Gasteiger partial charge on any atom is -0.497 e. The maximum absolute atomic E-state index is 14.7. The summed E-state index contributed by atoms with van der Waals surface area (Å²) >= 11 is 0. The molecule has 0 aliphatic carbocycles. The number of anilines is 1. The Kier molecular flexibility index (Phi) is 8.94. The molecule has 0 bridgehead atoms. The third-order valence-corrected chi connectivity index (χ3v) is 5.27. The number of ether oxygens (including phenoxy) is 5. The van der Waals surface area contributed by atoms with E-state index in [1.165, 1.54) is 46.8 Å². The summed E-state index contributed by atoms with van der Waals surface area (Å²) in [5, 5.41) is 2.94. The second-order valence-electron chi connectivity index (χ2n) is 7.45. The number of rotatable bonds is 11. The Morgan fingerprint density at radius 2 is 1.33 bits per heavy atom. The van der Waals surface area contributed by atoms with Crippen LogP contribution in [0, 0.1) is 5.82 Å². The number of methoxy groups -OCH3 is 5. The molecule has 0 aliphatic heterocycles. The zero-order valence-electron chi connectivity index (χ0n) is 20.8. The molecule has 0 unspecified atom stereocenters. The maximum atomic E-state index is 14.7. The van der Waals surface area contributed by atoms with Gasteiger partial charge in [-0.3, -0.25) is 4.79 Å². The van der Waals surface area contributed by atoms with E-state index in [1.54, 1.807) is 61.7 Å². The van der Waals surface area contributed by atoms with Gasteiger partial charge in [0.25, 0.3) is 0 Å². The number of ketones is 1. The molecular weight excluding hydrogens is 465 g/mol. The molecule has 0 fully saturated rings. The molecule has 188 valence electrons. The van der Waals surface area contributed by atoms with E-state index in [0.717, 1.165) is 5.56 Å². The highest BCUT2D eigenvalue weighted by molar-refractivity contribution is 6.04. The van der Waals surface area contributed by atoms with Gasteiger partial charge in [0, 0.05) is 17.8 Å². The Morgan fingerprint density at radius 3 is 1.86 bits per heavy atom. The average molecular weight is 494 g/mol. The summed E-state index contributed by atoms with van der Waals surface area (Å²) in [6, 6.07) is 13.4. The maximum Gasteiger partial charge on any atom is 0.203 e. The number of carbonyl (C=O) groups excluding carboxylic acids is 1. The van der Waals surface area contributed by atoms with Gasteiger partial charge in [-0.2, -0.15) is 0 Å². The van der Waals surface area contributed by atoms with Crippen molar-refractivity contribution in [1.29, 1.82) is 0 Å². The van der Waals surface area contributed by atoms with Gasteiger partial charge in [-0.25, -0.2) is 4.39 Å². The van der Waals surface area contributed by atoms with E-state index >= 15 is 0 Å². The van der Waals surface area contributed by atoms with E-state index in [0.29, 0.717) is 39.8 Å². The molecule has 1 N–H and O–H groups in total. The molecule has 0 radical (unpaired) electrons. The van der Waals surface area contributed by atoms with Crippen molar-refractivity contribution < 1.29 is 32.9 Å². The first kappa shape index (κ1) is 26.2. The highest BCUT2D eigenvalue weighted by Crippen LogP contribution is 2.39. The summed E-state index contributed by atoms with van der Waals surface area (Å²) in [5.74, 6) is 1.41. The van der Waals surface area contributed by atoms with Crippen LogP contribution in [0.2, 0.25) is 0 Å². The van der Waals surface area contributed by atoms with Crippen LogP contribution >= 0.6 is 0 Å². The summed E-state index contributed by atoms with van der Waals surface area (Å²) in [4.78, 5) is 12.4. The van der Waals surface area contributed by atoms with Gasteiger partial charge in [0.05, 0.1) is 41.2 Å². The number of halogens is 1. The molecule has 0 amide bonds. The minimum atomic E-state index is -0.554. The number of allylic oxidation sites excluding steroid dienone is 1. The molecule has 0 aromatic heterocycles. The summed E-state index contributed by atoms with van der Waals surface area (Å²) in [5.41, 5.74) is 2.19. The predicted octanol–water partition coefficient (Wildman–Crippen LogP) is 5.85. The fraction of sp³-hybridized carbons (Fsp3) is 0.179. The SMILES string of the molecule is COc1ccc(C(=O)C=CNc2cc(C=Cc3cc(OC)c(OC)c(OC)c3)cc(F)c2OC)cc1. The molecule has 0 saturated heterocycles. The van der Waals surface area contributed by atoms with Crippen molar-refractivity contribution >= 4 is 23.6 Å². The van der Waals surface area contributed by atoms with Crippen molar-refractivity contribution in [3.8, 4) is 28.7 Å². The molecule has 0 saturated carbocycles. The highest BCUT2D eigenvalue weighted by Gasteiger charge is 2.13. The Hall–Kier alpha value is -4.46. The van der Waals surface area contributed by atoms with Gasteiger partial charge in [0.1, 0.15) is 5.75 Å². The van der Waals surface area contributed by atoms with Gasteiger partial charge in [0.2, 0.25) is 5.75 Å². The van der Waals surface area contributed by atoms with E-state index in [4.69, 9.17) is 23.7 Å². The molecule has 0 atom stereocenters. The lowest BCUT2D eigenvalue weighted by molar-refractivity contribution is 0.104. The molecule has 0 aliphatic rings. The molecule has 3 aromatic carbocycles. The highest BCUT2D eigenvalue weighted by atomic mass is 19.1. The van der Waals surface area contributed by atoms with Gasteiger partial charge in [-0.1, -0.05) is 12.2 Å². The number of nitrogens with one attached hydrogen (secondary N) is 1. The first-order chi connectivity index (χ1) is 17.4. The quantitative estimate of drug-likeness (QED) is 0.204. The molecule has 3 rings (SSSR count). The van der Waals surface area contributed by atoms with Crippen molar-refractivity contribution in [3.05, 3.63) is 83.3 Å². The van der Waals surface area contributed by atoms with Crippen molar-refractivity contribution in [3.63, 3.8) is 0 Å². The van der Waals surface area contributed by atoms with Crippen LogP contribution in [-0.2, 0) is 0 Å². The fourth-order valence-corrected chi connectivity index (χ4v) is 3.47. The van der Waals surface area contributed by atoms with Crippen molar-refractivity contribution in [2.45, 2.75) is 0 Å². The normalized spacial score (nSPS) is 10.9. The molecule has 36 heavy (non-hydrogen) atoms. The third-order valence-electron chi connectivity index (χ3n) is 5.27. The zero-order chi connectivity index (χ0) is 26.1. The van der Waals surface area contributed by atoms with Crippen LogP contribution < -0.4 is 29.0 Å². The second kappa shape index (κ2) is 12.3. The topological polar surface area (TPSA) is 75.3 Å². The summed E-state index contributed by atoms with van der Waals surface area (Å²) < 4.78 is 41.2. The van der Waals surface area contributed by atoms with E-state index in [-0.39, 0.29) is 11.5 Å². The molecular formula is C28H28FNO6. The van der Waals surface area contributed by atoms with Gasteiger partial charge in [0.15, 0.2) is 28.8 Å². The first-order valence-corrected chi connectivity index (χ1v) is 10.9. The van der Waals surface area contributed by atoms with Gasteiger partial charge < -0.3 is 29.0 Å². The molecule has 0 heterocycles. The second-order valence-corrected chi connectivity index (χ2v) is 7.45. The summed E-state index contributed by atoms with van der Waals surface area (Å²) in [6.07, 6.45) is 6.33. The van der Waals surface area contributed by atoms with E-state index < -0.39 is 5.82 Å². The smallest absolute Gasteiger partial charge is 0.203 e. The number of benzene rings is 3. The zero-order valence-corrected chi connectivity index (χ0v) is 20.8. The van der Waals surface area contributed by atoms with E-state index in [1.807, 2.05) is 0 Å². The lowest BCUT2D eigenvalue weighted by Gasteiger charge is -2.13. The van der Waals surface area contributed by atoms with Crippen molar-refractivity contribution in [2.75, 3.05) is 40.9 Å². The summed E-state index contributed by atoms with van der Waals surface area (Å²) in [7, 11) is 7.54. The monoisotopic (exact) mass is 493 g/mol. The Bertz CT molecular complexity index is 1240. The van der Waals surface area contributed by atoms with Crippen LogP contribution in [0.1, 0.15) is 21.5 Å². The van der Waals surface area contributed by atoms with Crippen LogP contribution in [0.4, 0.5) is 10.1 Å². The minimum absolute atomic E-state index is 0.0292. The van der Waals surface area contributed by atoms with Crippen LogP contribution in [-0.4, -0.2) is 41.3 Å². The largest absolute Gasteiger partial charge is 0.497 e. The Balaban J connectivity index is 1.83. The van der Waals surface area contributed by atoms with Crippen molar-refractivity contribution in [2.24, 2.45) is 0 Å². The lowest BCUT2D eigenvalue weighted by atomic mass is 10.1.